The number of esters is 1. The third-order valence-electron chi connectivity index (χ3n) is 2.63. The Morgan fingerprint density at radius 2 is 2.30 bits per heavy atom. The second kappa shape index (κ2) is 5.26. The molecule has 0 spiro atoms. The number of carbonyl (C=O) groups is 1. The van der Waals surface area contributed by atoms with Gasteiger partial charge >= 0.3 is 5.97 Å². The van der Waals surface area contributed by atoms with Crippen LogP contribution in [0.5, 0.6) is 5.75 Å². The van der Waals surface area contributed by atoms with Crippen molar-refractivity contribution in [3.05, 3.63) is 52.1 Å². The molecule has 0 N–H and O–H groups in total. The Hall–Kier alpha value is -2.47. The van der Waals surface area contributed by atoms with Gasteiger partial charge in [0.15, 0.2) is 5.70 Å². The van der Waals surface area contributed by atoms with Crippen LogP contribution >= 0.6 is 11.3 Å². The first-order valence-corrected chi connectivity index (χ1v) is 6.70. The monoisotopic (exact) mass is 286 g/mol. The number of ether oxygens (including phenoxy) is 2. The lowest BCUT2D eigenvalue weighted by Gasteiger charge is -1.99. The second-order valence-corrected chi connectivity index (χ2v) is 4.92. The molecule has 2 aromatic rings. The summed E-state index contributed by atoms with van der Waals surface area (Å²) >= 11 is 1.47. The van der Waals surface area contributed by atoms with Gasteiger partial charge in [-0.05, 0) is 29.2 Å². The largest absolute Gasteiger partial charge is 0.495 e. The molecule has 0 aromatic carbocycles. The van der Waals surface area contributed by atoms with E-state index in [2.05, 4.69) is 9.98 Å². The standard InChI is InChI=1S/C14H10N2O3S/c1-18-10-5-9(7-15-8-10)6-11-14(17)19-13(16-11)12-3-2-4-20-12/h2-8H,1H3/b11-6+. The molecule has 0 amide bonds. The molecule has 3 rings (SSSR count). The molecule has 0 unspecified atom stereocenters. The van der Waals surface area contributed by atoms with Gasteiger partial charge in [-0.2, -0.15) is 0 Å². The number of hydrogen-bond donors (Lipinski definition) is 0. The Balaban J connectivity index is 1.93. The van der Waals surface area contributed by atoms with Crippen molar-refractivity contribution in [1.29, 1.82) is 0 Å². The fourth-order valence-corrected chi connectivity index (χ4v) is 2.35. The Bertz CT molecular complexity index is 705. The van der Waals surface area contributed by atoms with Crippen molar-refractivity contribution in [3.63, 3.8) is 0 Å². The molecule has 20 heavy (non-hydrogen) atoms. The van der Waals surface area contributed by atoms with E-state index in [1.165, 1.54) is 11.3 Å². The van der Waals surface area contributed by atoms with E-state index in [1.807, 2.05) is 17.5 Å². The number of thiophene rings is 1. The summed E-state index contributed by atoms with van der Waals surface area (Å²) in [6.07, 6.45) is 4.84. The van der Waals surface area contributed by atoms with Crippen molar-refractivity contribution < 1.29 is 14.3 Å². The summed E-state index contributed by atoms with van der Waals surface area (Å²) in [5.41, 5.74) is 0.982. The van der Waals surface area contributed by atoms with E-state index in [9.17, 15) is 4.79 Å². The summed E-state index contributed by atoms with van der Waals surface area (Å²) in [7, 11) is 1.56. The number of cyclic esters (lactones) is 1. The third kappa shape index (κ3) is 2.46. The van der Waals surface area contributed by atoms with Crippen LogP contribution in [0.3, 0.4) is 0 Å². The van der Waals surface area contributed by atoms with Gasteiger partial charge in [0.25, 0.3) is 0 Å². The SMILES string of the molecule is COc1cncc(/C=C2/N=C(c3cccs3)OC2=O)c1. The van der Waals surface area contributed by atoms with Crippen LogP contribution in [0, 0.1) is 0 Å². The van der Waals surface area contributed by atoms with Gasteiger partial charge < -0.3 is 9.47 Å². The van der Waals surface area contributed by atoms with Crippen molar-refractivity contribution in [3.8, 4) is 5.75 Å². The van der Waals surface area contributed by atoms with Crippen LogP contribution in [0.25, 0.3) is 6.08 Å². The van der Waals surface area contributed by atoms with Gasteiger partial charge in [-0.1, -0.05) is 6.07 Å². The maximum atomic E-state index is 11.8. The van der Waals surface area contributed by atoms with E-state index in [4.69, 9.17) is 9.47 Å². The summed E-state index contributed by atoms with van der Waals surface area (Å²) in [5.74, 6) is 0.497. The first kappa shape index (κ1) is 12.6. The van der Waals surface area contributed by atoms with Crippen LogP contribution in [0.1, 0.15) is 10.4 Å². The number of hydrogen-bond acceptors (Lipinski definition) is 6. The average molecular weight is 286 g/mol. The predicted molar refractivity (Wildman–Crippen MR) is 75.7 cm³/mol. The number of carbonyl (C=O) groups excluding carboxylic acids is 1. The fourth-order valence-electron chi connectivity index (χ4n) is 1.70. The van der Waals surface area contributed by atoms with Crippen LogP contribution in [0.4, 0.5) is 0 Å². The first-order chi connectivity index (χ1) is 9.76. The second-order valence-electron chi connectivity index (χ2n) is 3.97. The van der Waals surface area contributed by atoms with Crippen molar-refractivity contribution in [2.24, 2.45) is 4.99 Å². The lowest BCUT2D eigenvalue weighted by atomic mass is 10.2. The smallest absolute Gasteiger partial charge is 0.363 e. The van der Waals surface area contributed by atoms with Gasteiger partial charge in [0.2, 0.25) is 5.90 Å². The highest BCUT2D eigenvalue weighted by atomic mass is 32.1. The zero-order chi connectivity index (χ0) is 13.9. The molecule has 0 saturated heterocycles. The van der Waals surface area contributed by atoms with Crippen molar-refractivity contribution in [2.75, 3.05) is 7.11 Å². The molecule has 5 nitrogen and oxygen atoms in total. The van der Waals surface area contributed by atoms with Gasteiger partial charge in [-0.25, -0.2) is 9.79 Å². The van der Waals surface area contributed by atoms with Gasteiger partial charge in [-0.3, -0.25) is 4.98 Å². The molecule has 0 bridgehead atoms. The number of aliphatic imine (C=N–C) groups is 1. The Labute approximate surface area is 119 Å². The van der Waals surface area contributed by atoms with Crippen LogP contribution in [0.15, 0.2) is 46.7 Å². The third-order valence-corrected chi connectivity index (χ3v) is 3.48. The highest BCUT2D eigenvalue weighted by molar-refractivity contribution is 7.12. The van der Waals surface area contributed by atoms with Crippen molar-refractivity contribution in [1.82, 2.24) is 4.98 Å². The van der Waals surface area contributed by atoms with E-state index >= 15 is 0 Å². The maximum Gasteiger partial charge on any atom is 0.363 e. The van der Waals surface area contributed by atoms with Gasteiger partial charge in [0.05, 0.1) is 18.2 Å². The Morgan fingerprint density at radius 1 is 1.40 bits per heavy atom. The number of nitrogens with zero attached hydrogens (tertiary/aromatic N) is 2. The zero-order valence-corrected chi connectivity index (χ0v) is 11.4. The summed E-state index contributed by atoms with van der Waals surface area (Å²) in [5, 5.41) is 1.90. The van der Waals surface area contributed by atoms with E-state index in [-0.39, 0.29) is 5.70 Å². The maximum absolute atomic E-state index is 11.8. The average Bonchev–Trinajstić information content (AvgIpc) is 3.10. The van der Waals surface area contributed by atoms with Crippen molar-refractivity contribution >= 4 is 29.3 Å². The molecule has 1 aliphatic rings. The molecule has 0 aliphatic carbocycles. The molecule has 2 aromatic heterocycles. The van der Waals surface area contributed by atoms with Gasteiger partial charge in [-0.15, -0.1) is 11.3 Å². The van der Waals surface area contributed by atoms with Crippen LogP contribution in [-0.2, 0) is 9.53 Å². The fraction of sp³-hybridized carbons (Fsp3) is 0.0714. The zero-order valence-electron chi connectivity index (χ0n) is 10.6. The number of rotatable bonds is 3. The molecular formula is C14H10N2O3S. The predicted octanol–water partition coefficient (Wildman–Crippen LogP) is 2.50. The molecule has 6 heteroatoms. The molecule has 100 valence electrons. The highest BCUT2D eigenvalue weighted by Crippen LogP contribution is 2.22. The van der Waals surface area contributed by atoms with E-state index in [0.717, 1.165) is 10.4 Å². The van der Waals surface area contributed by atoms with Gasteiger partial charge in [0.1, 0.15) is 5.75 Å². The lowest BCUT2D eigenvalue weighted by molar-refractivity contribution is -0.129. The van der Waals surface area contributed by atoms with Crippen LogP contribution < -0.4 is 4.74 Å². The number of methoxy groups -OCH3 is 1. The summed E-state index contributed by atoms with van der Waals surface area (Å²) in [6, 6.07) is 5.50. The first-order valence-electron chi connectivity index (χ1n) is 5.82. The van der Waals surface area contributed by atoms with E-state index in [1.54, 1.807) is 31.6 Å². The Morgan fingerprint density at radius 3 is 3.05 bits per heavy atom. The summed E-state index contributed by atoms with van der Waals surface area (Å²) in [4.78, 5) is 20.8. The van der Waals surface area contributed by atoms with Crippen LogP contribution in [0.2, 0.25) is 0 Å². The highest BCUT2D eigenvalue weighted by Gasteiger charge is 2.24. The summed E-state index contributed by atoms with van der Waals surface area (Å²) < 4.78 is 10.2. The topological polar surface area (TPSA) is 60.8 Å². The molecule has 3 heterocycles. The summed E-state index contributed by atoms with van der Waals surface area (Å²) in [6.45, 7) is 0. The molecule has 0 saturated carbocycles. The minimum Gasteiger partial charge on any atom is -0.495 e. The lowest BCUT2D eigenvalue weighted by Crippen LogP contribution is -2.03. The molecule has 0 atom stereocenters. The minimum absolute atomic E-state index is 0.253. The molecular weight excluding hydrogens is 276 g/mol. The number of pyridine rings is 1. The van der Waals surface area contributed by atoms with Crippen LogP contribution in [-0.4, -0.2) is 24.0 Å². The molecule has 0 radical (unpaired) electrons. The Kier molecular flexibility index (Phi) is 3.30. The number of aromatic nitrogens is 1. The molecule has 1 aliphatic heterocycles. The normalized spacial score (nSPS) is 16.1. The molecule has 0 fully saturated rings. The van der Waals surface area contributed by atoms with Gasteiger partial charge in [0, 0.05) is 6.20 Å². The quantitative estimate of drug-likeness (QED) is 0.642. The van der Waals surface area contributed by atoms with Crippen molar-refractivity contribution in [2.45, 2.75) is 0 Å². The van der Waals surface area contributed by atoms with E-state index in [0.29, 0.717) is 11.6 Å². The minimum atomic E-state index is -0.462. The van der Waals surface area contributed by atoms with E-state index < -0.39 is 5.97 Å².